The van der Waals surface area contributed by atoms with E-state index in [2.05, 4.69) is 40.4 Å². The molecule has 32 heavy (non-hydrogen) atoms. The number of nitrogens with one attached hydrogen (secondary N) is 3. The van der Waals surface area contributed by atoms with Gasteiger partial charge in [-0.25, -0.2) is 9.18 Å². The number of aromatic amines is 1. The minimum Gasteiger partial charge on any atom is -0.361 e. The highest BCUT2D eigenvalue weighted by Gasteiger charge is 2.19. The van der Waals surface area contributed by atoms with Crippen molar-refractivity contribution in [3.8, 4) is 0 Å². The lowest BCUT2D eigenvalue weighted by molar-refractivity contribution is 0.219. The van der Waals surface area contributed by atoms with Crippen LogP contribution in [0, 0.1) is 5.82 Å². The zero-order chi connectivity index (χ0) is 22.7. The summed E-state index contributed by atoms with van der Waals surface area (Å²) < 4.78 is 13.5. The van der Waals surface area contributed by atoms with Crippen LogP contribution in [0.5, 0.6) is 0 Å². The molecule has 0 fully saturated rings. The molecule has 0 bridgehead atoms. The number of fused-ring (bicyclic) bond motifs is 1. The van der Waals surface area contributed by atoms with E-state index in [1.54, 1.807) is 0 Å². The molecule has 1 atom stereocenters. The van der Waals surface area contributed by atoms with Gasteiger partial charge < -0.3 is 15.6 Å². The molecule has 4 rings (SSSR count). The summed E-state index contributed by atoms with van der Waals surface area (Å²) in [6, 6.07) is 9.80. The van der Waals surface area contributed by atoms with E-state index in [9.17, 15) is 9.18 Å². The number of hydrogen-bond acceptors (Lipinski definition) is 2. The van der Waals surface area contributed by atoms with Crippen molar-refractivity contribution in [2.24, 2.45) is 0 Å². The van der Waals surface area contributed by atoms with Crippen LogP contribution in [-0.2, 0) is 0 Å². The predicted octanol–water partition coefficient (Wildman–Crippen LogP) is 6.88. The lowest BCUT2D eigenvalue weighted by Crippen LogP contribution is -2.36. The number of benzene rings is 2. The Kier molecular flexibility index (Phi) is 6.82. The molecule has 5 nitrogen and oxygen atoms in total. The highest BCUT2D eigenvalue weighted by Crippen LogP contribution is 2.31. The van der Waals surface area contributed by atoms with Gasteiger partial charge in [0.1, 0.15) is 5.82 Å². The molecular weight excluding hydrogens is 427 g/mol. The smallest absolute Gasteiger partial charge is 0.323 e. The number of urea groups is 1. The van der Waals surface area contributed by atoms with Crippen molar-refractivity contribution in [3.05, 3.63) is 65.1 Å². The number of nitrogens with zero attached hydrogens (tertiary/aromatic N) is 1. The second-order valence-corrected chi connectivity index (χ2v) is 8.75. The van der Waals surface area contributed by atoms with Gasteiger partial charge in [0.25, 0.3) is 0 Å². The lowest BCUT2D eigenvalue weighted by Gasteiger charge is -2.31. The van der Waals surface area contributed by atoms with Crippen LogP contribution in [0.4, 0.5) is 20.6 Å². The van der Waals surface area contributed by atoms with Crippen LogP contribution in [0.1, 0.15) is 38.7 Å². The maximum Gasteiger partial charge on any atom is 0.323 e. The van der Waals surface area contributed by atoms with Crippen LogP contribution in [-0.4, -0.2) is 35.0 Å². The molecule has 2 heterocycles. The predicted molar refractivity (Wildman–Crippen MR) is 131 cm³/mol. The van der Waals surface area contributed by atoms with Crippen LogP contribution in [0.25, 0.3) is 16.5 Å². The summed E-state index contributed by atoms with van der Waals surface area (Å²) in [4.78, 5) is 18.3. The van der Waals surface area contributed by atoms with Gasteiger partial charge in [-0.2, -0.15) is 0 Å². The van der Waals surface area contributed by atoms with Gasteiger partial charge in [0.05, 0.1) is 0 Å². The monoisotopic (exact) mass is 454 g/mol. The minimum atomic E-state index is -0.505. The van der Waals surface area contributed by atoms with Crippen LogP contribution >= 0.6 is 11.6 Å². The van der Waals surface area contributed by atoms with E-state index in [0.717, 1.165) is 30.4 Å². The van der Waals surface area contributed by atoms with Crippen LogP contribution < -0.4 is 10.6 Å². The Hall–Kier alpha value is -2.83. The van der Waals surface area contributed by atoms with Gasteiger partial charge in [-0.15, -0.1) is 0 Å². The molecule has 0 spiro atoms. The summed E-state index contributed by atoms with van der Waals surface area (Å²) in [5.41, 5.74) is 4.47. The number of H-pyrrole nitrogens is 1. The quantitative estimate of drug-likeness (QED) is 0.380. The first-order chi connectivity index (χ1) is 15.4. The van der Waals surface area contributed by atoms with Gasteiger partial charge in [0.15, 0.2) is 0 Å². The SMILES string of the molecule is CCCC(C)N1CC=C(c2c[nH]c3ccc(NC(=O)Nc4cc(F)cc(Cl)c4)cc23)CC1. The van der Waals surface area contributed by atoms with Crippen molar-refractivity contribution < 1.29 is 9.18 Å². The number of amides is 2. The molecule has 1 aromatic heterocycles. The zero-order valence-electron chi connectivity index (χ0n) is 18.3. The molecule has 2 amide bonds. The van der Waals surface area contributed by atoms with Gasteiger partial charge >= 0.3 is 6.03 Å². The minimum absolute atomic E-state index is 0.224. The van der Waals surface area contributed by atoms with E-state index in [1.165, 1.54) is 42.2 Å². The van der Waals surface area contributed by atoms with E-state index in [4.69, 9.17) is 11.6 Å². The number of aromatic nitrogens is 1. The molecule has 0 saturated heterocycles. The Morgan fingerprint density at radius 1 is 1.22 bits per heavy atom. The normalized spacial score (nSPS) is 15.4. The Morgan fingerprint density at radius 2 is 2.03 bits per heavy atom. The largest absolute Gasteiger partial charge is 0.361 e. The third-order valence-electron chi connectivity index (χ3n) is 5.98. The third-order valence-corrected chi connectivity index (χ3v) is 6.19. The standard InChI is InChI=1S/C25H28ClFN4O/c1-3-4-16(2)31-9-7-17(8-10-31)23-15-28-24-6-5-20(14-22(23)24)29-25(32)30-21-12-18(26)11-19(27)13-21/h5-7,11-16,28H,3-4,8-10H2,1-2H3,(H2,29,30,32). The van der Waals surface area contributed by atoms with Crippen molar-refractivity contribution in [1.29, 1.82) is 0 Å². The summed E-state index contributed by atoms with van der Waals surface area (Å²) in [6.07, 6.45) is 7.78. The molecule has 0 saturated carbocycles. The molecule has 3 N–H and O–H groups in total. The van der Waals surface area contributed by atoms with Crippen LogP contribution in [0.15, 0.2) is 48.7 Å². The summed E-state index contributed by atoms with van der Waals surface area (Å²) in [5, 5.41) is 6.73. The molecule has 168 valence electrons. The van der Waals surface area contributed by atoms with Crippen molar-refractivity contribution in [3.63, 3.8) is 0 Å². The zero-order valence-corrected chi connectivity index (χ0v) is 19.1. The van der Waals surface area contributed by atoms with Crippen molar-refractivity contribution in [2.45, 2.75) is 39.2 Å². The van der Waals surface area contributed by atoms with E-state index < -0.39 is 11.8 Å². The molecule has 1 aliphatic heterocycles. The third kappa shape index (κ3) is 5.14. The van der Waals surface area contributed by atoms with E-state index in [-0.39, 0.29) is 5.02 Å². The summed E-state index contributed by atoms with van der Waals surface area (Å²) in [7, 11) is 0. The van der Waals surface area contributed by atoms with Gasteiger partial charge in [0, 0.05) is 58.2 Å². The molecule has 0 aliphatic carbocycles. The first-order valence-corrected chi connectivity index (χ1v) is 11.4. The molecule has 0 radical (unpaired) electrons. The fourth-order valence-electron chi connectivity index (χ4n) is 4.31. The Morgan fingerprint density at radius 3 is 2.75 bits per heavy atom. The van der Waals surface area contributed by atoms with Crippen LogP contribution in [0.3, 0.4) is 0 Å². The summed E-state index contributed by atoms with van der Waals surface area (Å²) in [6.45, 7) is 6.54. The molecule has 2 aromatic carbocycles. The molecule has 1 aliphatic rings. The fourth-order valence-corrected chi connectivity index (χ4v) is 4.54. The first-order valence-electron chi connectivity index (χ1n) is 11.0. The van der Waals surface area contributed by atoms with E-state index in [0.29, 0.717) is 17.4 Å². The Balaban J connectivity index is 1.49. The van der Waals surface area contributed by atoms with Gasteiger partial charge in [-0.1, -0.05) is 31.0 Å². The van der Waals surface area contributed by atoms with Gasteiger partial charge in [-0.05, 0) is 61.7 Å². The Labute approximate surface area is 192 Å². The van der Waals surface area contributed by atoms with Crippen molar-refractivity contribution in [1.82, 2.24) is 9.88 Å². The summed E-state index contributed by atoms with van der Waals surface area (Å²) >= 11 is 5.86. The number of halogens is 2. The number of carbonyl (C=O) groups is 1. The van der Waals surface area contributed by atoms with E-state index in [1.807, 2.05) is 24.4 Å². The van der Waals surface area contributed by atoms with Crippen molar-refractivity contribution in [2.75, 3.05) is 23.7 Å². The second-order valence-electron chi connectivity index (χ2n) is 8.31. The van der Waals surface area contributed by atoms with Gasteiger partial charge in [-0.3, -0.25) is 4.90 Å². The topological polar surface area (TPSA) is 60.2 Å². The number of hydrogen-bond donors (Lipinski definition) is 3. The first kappa shape index (κ1) is 22.4. The second kappa shape index (κ2) is 9.76. The number of carbonyl (C=O) groups excluding carboxylic acids is 1. The average molecular weight is 455 g/mol. The maximum atomic E-state index is 13.5. The summed E-state index contributed by atoms with van der Waals surface area (Å²) in [5.74, 6) is -0.505. The highest BCUT2D eigenvalue weighted by atomic mass is 35.5. The molecular formula is C25H28ClFN4O. The van der Waals surface area contributed by atoms with E-state index >= 15 is 0 Å². The van der Waals surface area contributed by atoms with Crippen molar-refractivity contribution >= 4 is 45.5 Å². The highest BCUT2D eigenvalue weighted by molar-refractivity contribution is 6.31. The Bertz CT molecular complexity index is 1140. The molecule has 3 aromatic rings. The van der Waals surface area contributed by atoms with Gasteiger partial charge in [0.2, 0.25) is 0 Å². The average Bonchev–Trinajstić information content (AvgIpc) is 3.16. The maximum absolute atomic E-state index is 13.5. The molecule has 7 heteroatoms. The van der Waals surface area contributed by atoms with Crippen LogP contribution in [0.2, 0.25) is 5.02 Å². The fraction of sp³-hybridized carbons (Fsp3) is 0.320. The lowest BCUT2D eigenvalue weighted by atomic mass is 9.97. The molecule has 1 unspecified atom stereocenters. The number of anilines is 2. The number of rotatable bonds is 6.